The van der Waals surface area contributed by atoms with Crippen LogP contribution in [-0.2, 0) is 28.9 Å². The summed E-state index contributed by atoms with van der Waals surface area (Å²) in [5, 5.41) is 28.4. The molecule has 1 saturated carbocycles. The summed E-state index contributed by atoms with van der Waals surface area (Å²) >= 11 is 0. The molecule has 4 bridgehead atoms. The number of hydrogen-bond donors (Lipinski definition) is 6. The van der Waals surface area contributed by atoms with Crippen molar-refractivity contribution in [2.45, 2.75) is 63.0 Å². The summed E-state index contributed by atoms with van der Waals surface area (Å²) in [5.74, 6) is 0.449. The summed E-state index contributed by atoms with van der Waals surface area (Å²) in [6.07, 6.45) is 5.31. The van der Waals surface area contributed by atoms with Crippen molar-refractivity contribution in [1.29, 1.82) is 0 Å². The van der Waals surface area contributed by atoms with Crippen molar-refractivity contribution < 1.29 is 24.5 Å². The molecule has 0 radical (unpaired) electrons. The molecule has 234 valence electrons. The SMILES string of the molecule is COCc1cc2cc(c1)C(=O)N[C@H]([C@H](O)CNNC1(c3cccc(C(C)(C)O)c3)CC1)Cc1cccc(c1)OC/C=C\CN2. The van der Waals surface area contributed by atoms with Crippen LogP contribution in [0.2, 0.25) is 0 Å². The van der Waals surface area contributed by atoms with Crippen LogP contribution in [0.4, 0.5) is 5.69 Å². The Morgan fingerprint density at radius 1 is 1.09 bits per heavy atom. The molecule has 2 atom stereocenters. The van der Waals surface area contributed by atoms with Gasteiger partial charge in [0.2, 0.25) is 0 Å². The smallest absolute Gasteiger partial charge is 0.251 e. The number of rotatable bonds is 9. The van der Waals surface area contributed by atoms with Crippen LogP contribution in [0.15, 0.2) is 78.9 Å². The van der Waals surface area contributed by atoms with Crippen LogP contribution in [0.3, 0.4) is 0 Å². The number of benzene rings is 3. The van der Waals surface area contributed by atoms with E-state index in [1.807, 2.05) is 72.8 Å². The average Bonchev–Trinajstić information content (AvgIpc) is 3.79. The fourth-order valence-corrected chi connectivity index (χ4v) is 5.47. The van der Waals surface area contributed by atoms with Crippen LogP contribution in [0, 0.1) is 0 Å². The van der Waals surface area contributed by atoms with E-state index in [0.29, 0.717) is 31.7 Å². The minimum absolute atomic E-state index is 0.204. The molecule has 1 heterocycles. The van der Waals surface area contributed by atoms with Crippen LogP contribution in [0.25, 0.3) is 0 Å². The summed E-state index contributed by atoms with van der Waals surface area (Å²) in [4.78, 5) is 13.6. The van der Waals surface area contributed by atoms with Crippen molar-refractivity contribution in [2.75, 3.05) is 32.1 Å². The number of hydrogen-bond acceptors (Lipinski definition) is 8. The number of carbonyl (C=O) groups is 1. The van der Waals surface area contributed by atoms with E-state index in [0.717, 1.165) is 46.5 Å². The van der Waals surface area contributed by atoms with E-state index < -0.39 is 17.7 Å². The molecule has 44 heavy (non-hydrogen) atoms. The summed E-state index contributed by atoms with van der Waals surface area (Å²) in [7, 11) is 1.62. The van der Waals surface area contributed by atoms with E-state index >= 15 is 0 Å². The molecular weight excluding hydrogens is 556 g/mol. The number of hydrazine groups is 1. The van der Waals surface area contributed by atoms with E-state index in [1.165, 1.54) is 0 Å². The molecule has 2 aliphatic rings. The molecule has 0 aromatic heterocycles. The van der Waals surface area contributed by atoms with Gasteiger partial charge in [0.1, 0.15) is 12.4 Å². The fourth-order valence-electron chi connectivity index (χ4n) is 5.47. The first-order chi connectivity index (χ1) is 21.1. The van der Waals surface area contributed by atoms with Gasteiger partial charge in [-0.2, -0.15) is 0 Å². The molecule has 1 amide bonds. The predicted octanol–water partition coefficient (Wildman–Crippen LogP) is 3.91. The molecule has 0 spiro atoms. The molecule has 0 saturated heterocycles. The molecule has 6 N–H and O–H groups in total. The molecule has 3 aromatic carbocycles. The van der Waals surface area contributed by atoms with Gasteiger partial charge in [0.15, 0.2) is 0 Å². The van der Waals surface area contributed by atoms with E-state index in [-0.39, 0.29) is 18.0 Å². The van der Waals surface area contributed by atoms with E-state index in [1.54, 1.807) is 21.0 Å². The minimum atomic E-state index is -0.933. The molecule has 3 aromatic rings. The second-order valence-corrected chi connectivity index (χ2v) is 12.2. The van der Waals surface area contributed by atoms with Crippen molar-refractivity contribution in [3.8, 4) is 5.75 Å². The van der Waals surface area contributed by atoms with Crippen LogP contribution in [0.5, 0.6) is 5.75 Å². The summed E-state index contributed by atoms with van der Waals surface area (Å²) < 4.78 is 11.3. The Bertz CT molecular complexity index is 1460. The van der Waals surface area contributed by atoms with Crippen LogP contribution >= 0.6 is 0 Å². The first-order valence-corrected chi connectivity index (χ1v) is 15.2. The van der Waals surface area contributed by atoms with Crippen molar-refractivity contribution >= 4 is 11.6 Å². The summed E-state index contributed by atoms with van der Waals surface area (Å²) in [6, 6.07) is 20.7. The number of nitrogens with one attached hydrogen (secondary N) is 4. The second kappa shape index (κ2) is 13.9. The third kappa shape index (κ3) is 8.25. The molecule has 5 rings (SSSR count). The molecule has 0 unspecified atom stereocenters. The van der Waals surface area contributed by atoms with Gasteiger partial charge in [0, 0.05) is 31.5 Å². The van der Waals surface area contributed by atoms with E-state index in [4.69, 9.17) is 9.47 Å². The van der Waals surface area contributed by atoms with Gasteiger partial charge in [-0.3, -0.25) is 10.2 Å². The van der Waals surface area contributed by atoms with Gasteiger partial charge in [-0.25, -0.2) is 5.43 Å². The molecule has 1 fully saturated rings. The third-order valence-electron chi connectivity index (χ3n) is 8.15. The Labute approximate surface area is 259 Å². The lowest BCUT2D eigenvalue weighted by Crippen LogP contribution is -2.52. The Kier molecular flexibility index (Phi) is 10.0. The minimum Gasteiger partial charge on any atom is -0.490 e. The molecule has 9 heteroatoms. The Morgan fingerprint density at radius 2 is 1.91 bits per heavy atom. The van der Waals surface area contributed by atoms with Crippen molar-refractivity contribution in [2.24, 2.45) is 0 Å². The zero-order valence-electron chi connectivity index (χ0n) is 25.7. The number of aliphatic hydroxyl groups is 2. The Balaban J connectivity index is 1.34. The number of carbonyl (C=O) groups excluding carboxylic acids is 1. The highest BCUT2D eigenvalue weighted by Gasteiger charge is 2.44. The normalized spacial score (nSPS) is 19.7. The summed E-state index contributed by atoms with van der Waals surface area (Å²) in [6.45, 7) is 5.13. The lowest BCUT2D eigenvalue weighted by atomic mass is 9.94. The zero-order valence-corrected chi connectivity index (χ0v) is 25.7. The molecule has 1 aliphatic heterocycles. The third-order valence-corrected chi connectivity index (χ3v) is 8.15. The zero-order chi connectivity index (χ0) is 31.2. The fraction of sp³-hybridized carbons (Fsp3) is 0.400. The maximum absolute atomic E-state index is 13.6. The van der Waals surface area contributed by atoms with Gasteiger partial charge in [0.25, 0.3) is 5.91 Å². The maximum atomic E-state index is 13.6. The van der Waals surface area contributed by atoms with E-state index in [2.05, 4.69) is 27.6 Å². The van der Waals surface area contributed by atoms with Gasteiger partial charge < -0.3 is 30.3 Å². The number of methoxy groups -OCH3 is 1. The van der Waals surface area contributed by atoms with Gasteiger partial charge in [-0.1, -0.05) is 42.5 Å². The molecule has 9 nitrogen and oxygen atoms in total. The largest absolute Gasteiger partial charge is 0.490 e. The van der Waals surface area contributed by atoms with Gasteiger partial charge in [-0.05, 0) is 91.8 Å². The van der Waals surface area contributed by atoms with Gasteiger partial charge >= 0.3 is 0 Å². The molecule has 1 aliphatic carbocycles. The van der Waals surface area contributed by atoms with E-state index in [9.17, 15) is 15.0 Å². The highest BCUT2D eigenvalue weighted by molar-refractivity contribution is 5.95. The van der Waals surface area contributed by atoms with Crippen molar-refractivity contribution in [3.05, 3.63) is 107 Å². The predicted molar refractivity (Wildman–Crippen MR) is 171 cm³/mol. The van der Waals surface area contributed by atoms with Crippen LogP contribution in [0.1, 0.15) is 59.3 Å². The first kappa shape index (κ1) is 31.7. The van der Waals surface area contributed by atoms with Crippen molar-refractivity contribution in [1.82, 2.24) is 16.2 Å². The van der Waals surface area contributed by atoms with Crippen molar-refractivity contribution in [3.63, 3.8) is 0 Å². The number of fused-ring (bicyclic) bond motifs is 4. The highest BCUT2D eigenvalue weighted by atomic mass is 16.5. The van der Waals surface area contributed by atoms with Crippen LogP contribution < -0.4 is 26.2 Å². The van der Waals surface area contributed by atoms with Gasteiger partial charge in [0.05, 0.1) is 29.9 Å². The number of anilines is 1. The average molecular weight is 601 g/mol. The standard InChI is InChI=1S/C35H44N4O5/c1-34(2,42)27-9-7-10-28(21-27)35(12-13-35)39-37-22-32(40)31-19-24-8-6-11-30(18-24)44-15-5-4-14-36-29-17-25(23-43-3)16-26(20-29)33(41)38-31/h4-11,16-18,20-21,31-32,36-37,39-40,42H,12-15,19,22-23H2,1-3H3,(H,38,41)/b5-4-/t31-,32+/m0/s1. The Morgan fingerprint density at radius 3 is 2.68 bits per heavy atom. The lowest BCUT2D eigenvalue weighted by Gasteiger charge is -2.27. The number of aliphatic hydroxyl groups excluding tert-OH is 1. The maximum Gasteiger partial charge on any atom is 0.251 e. The lowest BCUT2D eigenvalue weighted by molar-refractivity contribution is 0.0782. The Hall–Kier alpha value is -3.73. The summed E-state index contributed by atoms with van der Waals surface area (Å²) in [5.41, 5.74) is 10.5. The van der Waals surface area contributed by atoms with Crippen LogP contribution in [-0.4, -0.2) is 55.1 Å². The monoisotopic (exact) mass is 600 g/mol. The number of amides is 1. The molecular formula is C35H44N4O5. The quantitative estimate of drug-likeness (QED) is 0.162. The first-order valence-electron chi connectivity index (χ1n) is 15.2. The second-order valence-electron chi connectivity index (χ2n) is 12.2. The topological polar surface area (TPSA) is 124 Å². The number of ether oxygens (including phenoxy) is 2. The highest BCUT2D eigenvalue weighted by Crippen LogP contribution is 2.45. The van der Waals surface area contributed by atoms with Gasteiger partial charge in [-0.15, -0.1) is 0 Å².